The van der Waals surface area contributed by atoms with Gasteiger partial charge in [0.05, 0.1) is 12.2 Å². The molecule has 0 unspecified atom stereocenters. The van der Waals surface area contributed by atoms with Crippen molar-refractivity contribution in [2.24, 2.45) is 0 Å². The first kappa shape index (κ1) is 18.5. The van der Waals surface area contributed by atoms with Crippen LogP contribution in [0.1, 0.15) is 34.3 Å². The monoisotopic (exact) mass is 366 g/mol. The third-order valence-electron chi connectivity index (χ3n) is 4.00. The summed E-state index contributed by atoms with van der Waals surface area (Å²) in [5.74, 6) is 1.69. The number of benzene rings is 2. The molecule has 0 saturated heterocycles. The standard InChI is InChI=1S/C21H22N2O4/c1-4-25-17-10-8-16(9-11-17)22-21(24)20-19(15(3)27-23-20)13-26-18-7-5-6-14(2)12-18/h5-12H,4,13H2,1-3H3,(H,22,24). The van der Waals surface area contributed by atoms with Gasteiger partial charge in [-0.15, -0.1) is 0 Å². The number of hydrogen-bond donors (Lipinski definition) is 1. The molecule has 6 heteroatoms. The molecule has 0 aliphatic heterocycles. The molecular formula is C21H22N2O4. The molecule has 0 saturated carbocycles. The lowest BCUT2D eigenvalue weighted by atomic mass is 10.2. The van der Waals surface area contributed by atoms with Crippen LogP contribution < -0.4 is 14.8 Å². The molecule has 1 heterocycles. The summed E-state index contributed by atoms with van der Waals surface area (Å²) < 4.78 is 16.4. The number of nitrogens with one attached hydrogen (secondary N) is 1. The molecule has 6 nitrogen and oxygen atoms in total. The van der Waals surface area contributed by atoms with Crippen molar-refractivity contribution in [3.63, 3.8) is 0 Å². The minimum atomic E-state index is -0.348. The van der Waals surface area contributed by atoms with Crippen molar-refractivity contribution in [2.75, 3.05) is 11.9 Å². The van der Waals surface area contributed by atoms with Crippen LogP contribution in [0.5, 0.6) is 11.5 Å². The number of aromatic nitrogens is 1. The van der Waals surface area contributed by atoms with Crippen molar-refractivity contribution in [1.82, 2.24) is 5.16 Å². The minimum absolute atomic E-state index is 0.199. The first-order chi connectivity index (χ1) is 13.1. The SMILES string of the molecule is CCOc1ccc(NC(=O)c2noc(C)c2COc2cccc(C)c2)cc1. The smallest absolute Gasteiger partial charge is 0.278 e. The Morgan fingerprint density at radius 2 is 1.85 bits per heavy atom. The number of aryl methyl sites for hydroxylation is 2. The lowest BCUT2D eigenvalue weighted by Crippen LogP contribution is -2.15. The first-order valence-electron chi connectivity index (χ1n) is 8.75. The van der Waals surface area contributed by atoms with Crippen LogP contribution in [0.15, 0.2) is 53.1 Å². The third-order valence-corrected chi connectivity index (χ3v) is 4.00. The molecule has 27 heavy (non-hydrogen) atoms. The Bertz CT molecular complexity index is 916. The highest BCUT2D eigenvalue weighted by Gasteiger charge is 2.20. The Hall–Kier alpha value is -3.28. The van der Waals surface area contributed by atoms with Gasteiger partial charge in [0, 0.05) is 5.69 Å². The van der Waals surface area contributed by atoms with Gasteiger partial charge < -0.3 is 19.3 Å². The second-order valence-corrected chi connectivity index (χ2v) is 6.08. The molecular weight excluding hydrogens is 344 g/mol. The van der Waals surface area contributed by atoms with Crippen LogP contribution in [0.4, 0.5) is 5.69 Å². The van der Waals surface area contributed by atoms with E-state index in [-0.39, 0.29) is 18.2 Å². The number of nitrogens with zero attached hydrogens (tertiary/aromatic N) is 1. The van der Waals surface area contributed by atoms with E-state index < -0.39 is 0 Å². The van der Waals surface area contributed by atoms with E-state index in [9.17, 15) is 4.79 Å². The summed E-state index contributed by atoms with van der Waals surface area (Å²) in [4.78, 5) is 12.6. The first-order valence-corrected chi connectivity index (χ1v) is 8.75. The molecule has 3 aromatic rings. The molecule has 0 radical (unpaired) electrons. The molecule has 0 spiro atoms. The fourth-order valence-electron chi connectivity index (χ4n) is 2.59. The number of rotatable bonds is 7. The van der Waals surface area contributed by atoms with E-state index in [1.54, 1.807) is 31.2 Å². The maximum absolute atomic E-state index is 12.6. The maximum atomic E-state index is 12.6. The maximum Gasteiger partial charge on any atom is 0.278 e. The molecule has 3 rings (SSSR count). The zero-order valence-electron chi connectivity index (χ0n) is 15.6. The molecule has 0 fully saturated rings. The molecule has 0 bridgehead atoms. The Balaban J connectivity index is 1.70. The van der Waals surface area contributed by atoms with Gasteiger partial charge in [0.1, 0.15) is 23.9 Å². The Labute approximate surface area is 158 Å². The average molecular weight is 366 g/mol. The lowest BCUT2D eigenvalue weighted by Gasteiger charge is -2.08. The average Bonchev–Trinajstić information content (AvgIpc) is 3.02. The normalized spacial score (nSPS) is 10.5. The predicted molar refractivity (Wildman–Crippen MR) is 102 cm³/mol. The molecule has 1 aromatic heterocycles. The molecule has 0 atom stereocenters. The summed E-state index contributed by atoms with van der Waals surface area (Å²) in [7, 11) is 0. The van der Waals surface area contributed by atoms with Gasteiger partial charge in [0.15, 0.2) is 5.69 Å². The Kier molecular flexibility index (Phi) is 5.76. The van der Waals surface area contributed by atoms with Crippen molar-refractivity contribution >= 4 is 11.6 Å². The summed E-state index contributed by atoms with van der Waals surface area (Å²) in [6.07, 6.45) is 0. The fourth-order valence-corrected chi connectivity index (χ4v) is 2.59. The molecule has 1 amide bonds. The predicted octanol–water partition coefficient (Wildman–Crippen LogP) is 4.52. The van der Waals surface area contributed by atoms with Gasteiger partial charge in [-0.25, -0.2) is 0 Å². The second kappa shape index (κ2) is 8.40. The summed E-state index contributed by atoms with van der Waals surface area (Å²) in [5.41, 5.74) is 2.59. The van der Waals surface area contributed by atoms with E-state index in [2.05, 4.69) is 10.5 Å². The van der Waals surface area contributed by atoms with Crippen LogP contribution in [0.2, 0.25) is 0 Å². The minimum Gasteiger partial charge on any atom is -0.494 e. The van der Waals surface area contributed by atoms with Gasteiger partial charge in [0.25, 0.3) is 5.91 Å². The van der Waals surface area contributed by atoms with Crippen LogP contribution >= 0.6 is 0 Å². The molecule has 140 valence electrons. The Morgan fingerprint density at radius 1 is 1.07 bits per heavy atom. The van der Waals surface area contributed by atoms with Crippen molar-refractivity contribution in [3.05, 3.63) is 71.1 Å². The summed E-state index contributed by atoms with van der Waals surface area (Å²) in [6, 6.07) is 14.9. The summed E-state index contributed by atoms with van der Waals surface area (Å²) in [5, 5.41) is 6.71. The van der Waals surface area contributed by atoms with Crippen molar-refractivity contribution < 1.29 is 18.8 Å². The van der Waals surface area contributed by atoms with E-state index in [0.29, 0.717) is 23.6 Å². The lowest BCUT2D eigenvalue weighted by molar-refractivity contribution is 0.101. The zero-order chi connectivity index (χ0) is 19.2. The summed E-state index contributed by atoms with van der Waals surface area (Å²) >= 11 is 0. The van der Waals surface area contributed by atoms with Crippen molar-refractivity contribution in [1.29, 1.82) is 0 Å². The molecule has 0 aliphatic rings. The van der Waals surface area contributed by atoms with Crippen LogP contribution in [-0.2, 0) is 6.61 Å². The van der Waals surface area contributed by atoms with Crippen LogP contribution in [0.25, 0.3) is 0 Å². The van der Waals surface area contributed by atoms with Gasteiger partial charge in [-0.2, -0.15) is 0 Å². The quantitative estimate of drug-likeness (QED) is 0.665. The largest absolute Gasteiger partial charge is 0.494 e. The molecule has 0 aliphatic carbocycles. The van der Waals surface area contributed by atoms with Crippen LogP contribution in [0, 0.1) is 13.8 Å². The van der Waals surface area contributed by atoms with E-state index >= 15 is 0 Å². The number of anilines is 1. The van der Waals surface area contributed by atoms with Crippen LogP contribution in [0.3, 0.4) is 0 Å². The fraction of sp³-hybridized carbons (Fsp3) is 0.238. The van der Waals surface area contributed by atoms with Crippen molar-refractivity contribution in [2.45, 2.75) is 27.4 Å². The number of carbonyl (C=O) groups is 1. The van der Waals surface area contributed by atoms with Crippen LogP contribution in [-0.4, -0.2) is 17.7 Å². The molecule has 1 N–H and O–H groups in total. The third kappa shape index (κ3) is 4.67. The Morgan fingerprint density at radius 3 is 2.56 bits per heavy atom. The van der Waals surface area contributed by atoms with E-state index in [1.165, 1.54) is 0 Å². The van der Waals surface area contributed by atoms with Gasteiger partial charge in [-0.1, -0.05) is 17.3 Å². The van der Waals surface area contributed by atoms with E-state index in [4.69, 9.17) is 14.0 Å². The summed E-state index contributed by atoms with van der Waals surface area (Å²) in [6.45, 7) is 6.46. The number of hydrogen-bond acceptors (Lipinski definition) is 5. The van der Waals surface area contributed by atoms with Gasteiger partial charge in [-0.3, -0.25) is 4.79 Å². The van der Waals surface area contributed by atoms with E-state index in [0.717, 1.165) is 17.1 Å². The molecule has 2 aromatic carbocycles. The highest BCUT2D eigenvalue weighted by molar-refractivity contribution is 6.03. The second-order valence-electron chi connectivity index (χ2n) is 6.08. The van der Waals surface area contributed by atoms with Gasteiger partial charge in [0.2, 0.25) is 0 Å². The highest BCUT2D eigenvalue weighted by Crippen LogP contribution is 2.21. The van der Waals surface area contributed by atoms with Gasteiger partial charge >= 0.3 is 0 Å². The topological polar surface area (TPSA) is 73.6 Å². The number of ether oxygens (including phenoxy) is 2. The number of carbonyl (C=O) groups excluding carboxylic acids is 1. The highest BCUT2D eigenvalue weighted by atomic mass is 16.5. The van der Waals surface area contributed by atoms with Crippen molar-refractivity contribution in [3.8, 4) is 11.5 Å². The van der Waals surface area contributed by atoms with Gasteiger partial charge in [-0.05, 0) is 62.7 Å². The number of amides is 1. The van der Waals surface area contributed by atoms with E-state index in [1.807, 2.05) is 38.1 Å². The zero-order valence-corrected chi connectivity index (χ0v) is 15.6.